The van der Waals surface area contributed by atoms with E-state index in [2.05, 4.69) is 22.8 Å². The van der Waals surface area contributed by atoms with E-state index in [9.17, 15) is 4.79 Å². The fraction of sp³-hybridized carbons (Fsp3) is 0.500. The van der Waals surface area contributed by atoms with Crippen LogP contribution in [0.15, 0.2) is 24.3 Å². The lowest BCUT2D eigenvalue weighted by atomic mass is 9.95. The Labute approximate surface area is 103 Å². The van der Waals surface area contributed by atoms with Crippen molar-refractivity contribution in [1.82, 2.24) is 10.6 Å². The fourth-order valence-corrected chi connectivity index (χ4v) is 2.02. The molecule has 1 aliphatic heterocycles. The van der Waals surface area contributed by atoms with E-state index in [1.54, 1.807) is 0 Å². The molecule has 1 N–H and O–H groups in total. The van der Waals surface area contributed by atoms with E-state index < -0.39 is 0 Å². The van der Waals surface area contributed by atoms with Crippen LogP contribution in [0.4, 0.5) is 0 Å². The average molecular weight is 231 g/mol. The molecule has 1 heterocycles. The van der Waals surface area contributed by atoms with Gasteiger partial charge in [-0.2, -0.15) is 0 Å². The summed E-state index contributed by atoms with van der Waals surface area (Å²) in [6.45, 7) is 6.61. The average Bonchev–Trinajstić information content (AvgIpc) is 2.26. The van der Waals surface area contributed by atoms with Crippen molar-refractivity contribution in [3.63, 3.8) is 0 Å². The Morgan fingerprint density at radius 1 is 1.29 bits per heavy atom. The first-order valence-corrected chi connectivity index (χ1v) is 6.01. The van der Waals surface area contributed by atoms with Crippen LogP contribution in [0, 0.1) is 0 Å². The van der Waals surface area contributed by atoms with E-state index in [4.69, 9.17) is 0 Å². The van der Waals surface area contributed by atoms with Crippen molar-refractivity contribution < 1.29 is 4.79 Å². The number of nitrogens with zero attached hydrogens (tertiary/aromatic N) is 1. The van der Waals surface area contributed by atoms with Crippen LogP contribution in [0.25, 0.3) is 0 Å². The molecule has 3 nitrogen and oxygen atoms in total. The van der Waals surface area contributed by atoms with Gasteiger partial charge in [-0.15, -0.1) is 0 Å². The molecule has 0 aromatic heterocycles. The van der Waals surface area contributed by atoms with Gasteiger partial charge in [-0.25, -0.2) is 5.32 Å². The minimum Gasteiger partial charge on any atom is -0.350 e. The largest absolute Gasteiger partial charge is 0.350 e. The van der Waals surface area contributed by atoms with Gasteiger partial charge in [0.1, 0.15) is 6.04 Å². The third kappa shape index (κ3) is 3.07. The molecule has 0 aliphatic carbocycles. The van der Waals surface area contributed by atoms with Gasteiger partial charge in [-0.05, 0) is 38.3 Å². The number of carbonyl (C=O) groups excluding carboxylic acids is 1. The Kier molecular flexibility index (Phi) is 3.20. The number of carbonyl (C=O) groups is 1. The summed E-state index contributed by atoms with van der Waals surface area (Å²) in [7, 11) is 0. The third-order valence-electron chi connectivity index (χ3n) is 2.81. The second kappa shape index (κ2) is 4.49. The highest BCUT2D eigenvalue weighted by Crippen LogP contribution is 2.17. The Bertz CT molecular complexity index is 420. The van der Waals surface area contributed by atoms with E-state index in [1.165, 1.54) is 11.1 Å². The number of fused-ring (bicyclic) bond motifs is 1. The zero-order valence-corrected chi connectivity index (χ0v) is 10.7. The summed E-state index contributed by atoms with van der Waals surface area (Å²) < 4.78 is 0. The van der Waals surface area contributed by atoms with Crippen molar-refractivity contribution in [1.29, 1.82) is 0 Å². The molecule has 0 saturated carbocycles. The lowest BCUT2D eigenvalue weighted by Gasteiger charge is -2.28. The van der Waals surface area contributed by atoms with Gasteiger partial charge in [0.05, 0.1) is 0 Å². The van der Waals surface area contributed by atoms with Crippen LogP contribution in [-0.4, -0.2) is 17.5 Å². The maximum Gasteiger partial charge on any atom is 0.239 e. The summed E-state index contributed by atoms with van der Waals surface area (Å²) >= 11 is 0. The number of nitrogens with one attached hydrogen (secondary N) is 1. The number of benzene rings is 1. The van der Waals surface area contributed by atoms with E-state index in [0.717, 1.165) is 6.42 Å². The second-order valence-electron chi connectivity index (χ2n) is 5.57. The second-order valence-corrected chi connectivity index (χ2v) is 5.57. The van der Waals surface area contributed by atoms with Crippen LogP contribution in [0.3, 0.4) is 0 Å². The Morgan fingerprint density at radius 3 is 2.59 bits per heavy atom. The molecule has 0 saturated heterocycles. The number of rotatable bonds is 1. The maximum absolute atomic E-state index is 12.0. The van der Waals surface area contributed by atoms with Crippen LogP contribution in [0.5, 0.6) is 0 Å². The Balaban J connectivity index is 2.05. The summed E-state index contributed by atoms with van der Waals surface area (Å²) in [4.78, 5) is 12.0. The molecule has 0 fully saturated rings. The first-order chi connectivity index (χ1) is 7.96. The first kappa shape index (κ1) is 12.1. The quantitative estimate of drug-likeness (QED) is 0.784. The highest BCUT2D eigenvalue weighted by molar-refractivity contribution is 5.83. The normalized spacial score (nSPS) is 19.6. The van der Waals surface area contributed by atoms with Gasteiger partial charge in [0.25, 0.3) is 0 Å². The Hall–Kier alpha value is -1.35. The summed E-state index contributed by atoms with van der Waals surface area (Å²) in [5, 5.41) is 7.43. The summed E-state index contributed by atoms with van der Waals surface area (Å²) in [6.07, 6.45) is 0.720. The molecule has 1 radical (unpaired) electrons. The van der Waals surface area contributed by atoms with Crippen LogP contribution in [0.1, 0.15) is 31.9 Å². The monoisotopic (exact) mass is 231 g/mol. The molecule has 91 valence electrons. The van der Waals surface area contributed by atoms with Gasteiger partial charge >= 0.3 is 0 Å². The van der Waals surface area contributed by atoms with Gasteiger partial charge in [0.2, 0.25) is 5.91 Å². The smallest absolute Gasteiger partial charge is 0.239 e. The minimum absolute atomic E-state index is 0.0343. The number of hydrogen-bond donors (Lipinski definition) is 1. The lowest BCUT2D eigenvalue weighted by molar-refractivity contribution is -0.124. The van der Waals surface area contributed by atoms with Crippen molar-refractivity contribution in [3.05, 3.63) is 35.4 Å². The standard InChI is InChI=1S/C14H19N2O/c1-14(2,3)16-13(17)12-8-10-6-4-5-7-11(10)9-15-12/h4-7,12H,8-9H2,1-3H3,(H,16,17)/t12-/m0/s1. The molecule has 1 amide bonds. The van der Waals surface area contributed by atoms with Crippen LogP contribution in [0.2, 0.25) is 0 Å². The summed E-state index contributed by atoms with van der Waals surface area (Å²) in [5.74, 6) is 0.0343. The molecule has 17 heavy (non-hydrogen) atoms. The molecule has 1 atom stereocenters. The molecule has 2 rings (SSSR count). The van der Waals surface area contributed by atoms with Gasteiger partial charge in [0.15, 0.2) is 0 Å². The minimum atomic E-state index is -0.232. The van der Waals surface area contributed by atoms with Crippen LogP contribution >= 0.6 is 0 Å². The van der Waals surface area contributed by atoms with Gasteiger partial charge in [-0.3, -0.25) is 4.79 Å². The number of hydrogen-bond acceptors (Lipinski definition) is 1. The van der Waals surface area contributed by atoms with Gasteiger partial charge < -0.3 is 5.32 Å². The van der Waals surface area contributed by atoms with E-state index in [-0.39, 0.29) is 17.5 Å². The molecule has 0 spiro atoms. The zero-order chi connectivity index (χ0) is 12.5. The van der Waals surface area contributed by atoms with Gasteiger partial charge in [-0.1, -0.05) is 24.3 Å². The van der Waals surface area contributed by atoms with Crippen molar-refractivity contribution in [2.45, 2.75) is 45.3 Å². The molecular weight excluding hydrogens is 212 g/mol. The molecule has 0 bridgehead atoms. The van der Waals surface area contributed by atoms with Crippen LogP contribution < -0.4 is 10.6 Å². The molecule has 0 unspecified atom stereocenters. The molecule has 1 aliphatic rings. The summed E-state index contributed by atoms with van der Waals surface area (Å²) in [6, 6.07) is 7.97. The molecule has 1 aromatic rings. The fourth-order valence-electron chi connectivity index (χ4n) is 2.02. The molecule has 3 heteroatoms. The topological polar surface area (TPSA) is 43.2 Å². The van der Waals surface area contributed by atoms with E-state index in [1.807, 2.05) is 32.9 Å². The van der Waals surface area contributed by atoms with Crippen molar-refractivity contribution >= 4 is 5.91 Å². The van der Waals surface area contributed by atoms with Crippen LogP contribution in [-0.2, 0) is 17.8 Å². The highest BCUT2D eigenvalue weighted by atomic mass is 16.2. The van der Waals surface area contributed by atoms with Gasteiger partial charge in [0, 0.05) is 12.1 Å². The number of amides is 1. The van der Waals surface area contributed by atoms with E-state index >= 15 is 0 Å². The predicted octanol–water partition coefficient (Wildman–Crippen LogP) is 1.63. The van der Waals surface area contributed by atoms with E-state index in [0.29, 0.717) is 6.54 Å². The lowest BCUT2D eigenvalue weighted by Crippen LogP contribution is -2.50. The van der Waals surface area contributed by atoms with Crippen molar-refractivity contribution in [2.24, 2.45) is 0 Å². The summed E-state index contributed by atoms with van der Waals surface area (Å²) in [5.41, 5.74) is 2.30. The third-order valence-corrected chi connectivity index (χ3v) is 2.81. The maximum atomic E-state index is 12.0. The SMILES string of the molecule is CC(C)(C)NC(=O)[C@@H]1Cc2ccccc2C[N]1. The molecule has 1 aromatic carbocycles. The highest BCUT2D eigenvalue weighted by Gasteiger charge is 2.27. The Morgan fingerprint density at radius 2 is 1.94 bits per heavy atom. The van der Waals surface area contributed by atoms with Crippen molar-refractivity contribution in [3.8, 4) is 0 Å². The predicted molar refractivity (Wildman–Crippen MR) is 67.7 cm³/mol. The first-order valence-electron chi connectivity index (χ1n) is 6.01. The molecular formula is C14H19N2O. The zero-order valence-electron chi connectivity index (χ0n) is 10.7. The van der Waals surface area contributed by atoms with Crippen molar-refractivity contribution in [2.75, 3.05) is 0 Å².